The number of halogens is 3. The second-order valence-corrected chi connectivity index (χ2v) is 6.05. The lowest BCUT2D eigenvalue weighted by Gasteiger charge is -2.14. The van der Waals surface area contributed by atoms with Crippen LogP contribution in [0.3, 0.4) is 0 Å². The van der Waals surface area contributed by atoms with Crippen molar-refractivity contribution in [1.82, 2.24) is 5.43 Å². The zero-order valence-electron chi connectivity index (χ0n) is 12.5. The van der Waals surface area contributed by atoms with Gasteiger partial charge in [0.2, 0.25) is 0 Å². The van der Waals surface area contributed by atoms with Crippen molar-refractivity contribution in [3.05, 3.63) is 57.0 Å². The van der Waals surface area contributed by atoms with Crippen molar-refractivity contribution >= 4 is 46.9 Å². The van der Waals surface area contributed by atoms with Gasteiger partial charge in [0.1, 0.15) is 11.5 Å². The van der Waals surface area contributed by atoms with Crippen LogP contribution in [0, 0.1) is 0 Å². The van der Waals surface area contributed by atoms with Gasteiger partial charge in [-0.15, -0.1) is 0 Å². The molecule has 0 aliphatic rings. The fourth-order valence-corrected chi connectivity index (χ4v) is 2.33. The Hall–Kier alpha value is -1.95. The van der Waals surface area contributed by atoms with E-state index in [9.17, 15) is 9.90 Å². The summed E-state index contributed by atoms with van der Waals surface area (Å²) in [5.41, 5.74) is 2.68. The van der Waals surface area contributed by atoms with Crippen LogP contribution in [0.4, 0.5) is 0 Å². The molecule has 0 unspecified atom stereocenters. The van der Waals surface area contributed by atoms with Gasteiger partial charge in [-0.3, -0.25) is 4.79 Å². The predicted octanol–water partition coefficient (Wildman–Crippen LogP) is 4.27. The van der Waals surface area contributed by atoms with Crippen LogP contribution in [-0.4, -0.2) is 23.3 Å². The highest BCUT2D eigenvalue weighted by atomic mass is 35.5. The first-order valence-electron chi connectivity index (χ1n) is 6.80. The Bertz CT molecular complexity index is 781. The van der Waals surface area contributed by atoms with Gasteiger partial charge < -0.3 is 9.84 Å². The molecular formula is C16H13Cl3N2O3. The molecule has 2 N–H and O–H groups in total. The molecule has 126 valence electrons. The molecule has 0 aromatic heterocycles. The number of ether oxygens (including phenoxy) is 1. The molecule has 0 bridgehead atoms. The lowest BCUT2D eigenvalue weighted by atomic mass is 10.2. The van der Waals surface area contributed by atoms with Crippen LogP contribution in [-0.2, 0) is 4.79 Å². The molecule has 0 radical (unpaired) electrons. The van der Waals surface area contributed by atoms with Crippen molar-refractivity contribution in [2.45, 2.75) is 13.0 Å². The first-order chi connectivity index (χ1) is 11.4. The standard InChI is InChI=1S/C16H13Cl3N2O3/c1-9(24-15-5-3-12(18)7-13(15)19)16(23)21-20-8-10-6-11(17)2-4-14(10)22/h2-9,22H,1H3,(H,21,23)/t9-/m1/s1. The number of nitrogens with one attached hydrogen (secondary N) is 1. The van der Waals surface area contributed by atoms with E-state index in [1.54, 1.807) is 25.1 Å². The second kappa shape index (κ2) is 8.24. The maximum atomic E-state index is 12.0. The summed E-state index contributed by atoms with van der Waals surface area (Å²) in [7, 11) is 0. The van der Waals surface area contributed by atoms with Crippen LogP contribution in [0.1, 0.15) is 12.5 Å². The molecule has 0 saturated heterocycles. The quantitative estimate of drug-likeness (QED) is 0.594. The molecule has 2 aromatic rings. The summed E-state index contributed by atoms with van der Waals surface area (Å²) >= 11 is 17.6. The minimum Gasteiger partial charge on any atom is -0.507 e. The van der Waals surface area contributed by atoms with Crippen LogP contribution in [0.15, 0.2) is 41.5 Å². The van der Waals surface area contributed by atoms with Crippen molar-refractivity contribution in [2.24, 2.45) is 5.10 Å². The molecule has 0 fully saturated rings. The third-order valence-corrected chi connectivity index (χ3v) is 3.70. The third kappa shape index (κ3) is 5.03. The van der Waals surface area contributed by atoms with Crippen molar-refractivity contribution in [3.63, 3.8) is 0 Å². The zero-order valence-corrected chi connectivity index (χ0v) is 14.7. The highest BCUT2D eigenvalue weighted by molar-refractivity contribution is 6.35. The van der Waals surface area contributed by atoms with Gasteiger partial charge in [0.05, 0.1) is 11.2 Å². The van der Waals surface area contributed by atoms with Gasteiger partial charge >= 0.3 is 0 Å². The number of phenols is 1. The van der Waals surface area contributed by atoms with Gasteiger partial charge in [0.15, 0.2) is 6.10 Å². The lowest BCUT2D eigenvalue weighted by molar-refractivity contribution is -0.127. The Labute approximate surface area is 153 Å². The van der Waals surface area contributed by atoms with Crippen molar-refractivity contribution in [2.75, 3.05) is 0 Å². The molecule has 0 aliphatic heterocycles. The van der Waals surface area contributed by atoms with Crippen LogP contribution < -0.4 is 10.2 Å². The summed E-state index contributed by atoms with van der Waals surface area (Å²) in [6, 6.07) is 9.18. The maximum Gasteiger partial charge on any atom is 0.280 e. The van der Waals surface area contributed by atoms with Gasteiger partial charge in [-0.2, -0.15) is 5.10 Å². The molecule has 24 heavy (non-hydrogen) atoms. The van der Waals surface area contributed by atoms with Gasteiger partial charge in [0.25, 0.3) is 5.91 Å². The normalized spacial score (nSPS) is 12.2. The number of hydrazone groups is 1. The number of rotatable bonds is 5. The Kier molecular flexibility index (Phi) is 6.31. The monoisotopic (exact) mass is 386 g/mol. The first kappa shape index (κ1) is 18.4. The van der Waals surface area contributed by atoms with Crippen molar-refractivity contribution < 1.29 is 14.6 Å². The van der Waals surface area contributed by atoms with E-state index in [1.165, 1.54) is 24.4 Å². The molecule has 0 aliphatic carbocycles. The summed E-state index contributed by atoms with van der Waals surface area (Å²) in [4.78, 5) is 12.0. The van der Waals surface area contributed by atoms with Crippen molar-refractivity contribution in [3.8, 4) is 11.5 Å². The molecule has 0 heterocycles. The Balaban J connectivity index is 1.96. The van der Waals surface area contributed by atoms with E-state index < -0.39 is 12.0 Å². The molecule has 1 amide bonds. The van der Waals surface area contributed by atoms with Crippen LogP contribution in [0.5, 0.6) is 11.5 Å². The predicted molar refractivity (Wildman–Crippen MR) is 95.4 cm³/mol. The third-order valence-electron chi connectivity index (χ3n) is 2.93. The van der Waals surface area contributed by atoms with E-state index in [2.05, 4.69) is 10.5 Å². The highest BCUT2D eigenvalue weighted by Gasteiger charge is 2.15. The van der Waals surface area contributed by atoms with E-state index in [0.29, 0.717) is 26.4 Å². The number of benzene rings is 2. The molecule has 2 rings (SSSR count). The number of hydrogen-bond acceptors (Lipinski definition) is 4. The van der Waals surface area contributed by atoms with Gasteiger partial charge in [-0.25, -0.2) is 5.43 Å². The minimum absolute atomic E-state index is 0.00496. The zero-order chi connectivity index (χ0) is 17.7. The number of hydrogen-bond donors (Lipinski definition) is 2. The van der Waals surface area contributed by atoms with E-state index in [4.69, 9.17) is 39.5 Å². The number of carbonyl (C=O) groups excluding carboxylic acids is 1. The topological polar surface area (TPSA) is 70.9 Å². The first-order valence-corrected chi connectivity index (χ1v) is 7.93. The van der Waals surface area contributed by atoms with E-state index >= 15 is 0 Å². The number of amides is 1. The molecule has 8 heteroatoms. The summed E-state index contributed by atoms with van der Waals surface area (Å²) in [5.74, 6) is -0.159. The molecule has 2 aromatic carbocycles. The SMILES string of the molecule is C[C@@H](Oc1ccc(Cl)cc1Cl)C(=O)NN=Cc1cc(Cl)ccc1O. The number of nitrogens with zero attached hydrogens (tertiary/aromatic N) is 1. The summed E-state index contributed by atoms with van der Waals surface area (Å²) in [6.45, 7) is 1.55. The van der Waals surface area contributed by atoms with Crippen LogP contribution >= 0.6 is 34.8 Å². The van der Waals surface area contributed by atoms with Gasteiger partial charge in [-0.05, 0) is 43.3 Å². The fraction of sp³-hybridized carbons (Fsp3) is 0.125. The van der Waals surface area contributed by atoms with Gasteiger partial charge in [0, 0.05) is 15.6 Å². The average Bonchev–Trinajstić information content (AvgIpc) is 2.53. The Morgan fingerprint density at radius 1 is 1.21 bits per heavy atom. The lowest BCUT2D eigenvalue weighted by Crippen LogP contribution is -2.33. The molecule has 0 spiro atoms. The van der Waals surface area contributed by atoms with Gasteiger partial charge in [-0.1, -0.05) is 34.8 Å². The Morgan fingerprint density at radius 2 is 1.88 bits per heavy atom. The number of aromatic hydroxyl groups is 1. The smallest absolute Gasteiger partial charge is 0.280 e. The largest absolute Gasteiger partial charge is 0.507 e. The number of carbonyl (C=O) groups is 1. The second-order valence-electron chi connectivity index (χ2n) is 4.77. The van der Waals surface area contributed by atoms with Crippen LogP contribution in [0.2, 0.25) is 15.1 Å². The van der Waals surface area contributed by atoms with Crippen LogP contribution in [0.25, 0.3) is 0 Å². The molecule has 1 atom stereocenters. The minimum atomic E-state index is -0.839. The summed E-state index contributed by atoms with van der Waals surface area (Å²) in [6.07, 6.45) is 0.440. The fourth-order valence-electron chi connectivity index (χ4n) is 1.70. The summed E-state index contributed by atoms with van der Waals surface area (Å²) < 4.78 is 5.46. The van der Waals surface area contributed by atoms with E-state index in [0.717, 1.165) is 0 Å². The molecule has 5 nitrogen and oxygen atoms in total. The summed E-state index contributed by atoms with van der Waals surface area (Å²) in [5, 5.41) is 14.6. The maximum absolute atomic E-state index is 12.0. The van der Waals surface area contributed by atoms with E-state index in [1.807, 2.05) is 0 Å². The molecular weight excluding hydrogens is 375 g/mol. The Morgan fingerprint density at radius 3 is 2.58 bits per heavy atom. The molecule has 0 saturated carbocycles. The number of phenolic OH excluding ortho intramolecular Hbond substituents is 1. The average molecular weight is 388 g/mol. The van der Waals surface area contributed by atoms with E-state index in [-0.39, 0.29) is 5.75 Å². The van der Waals surface area contributed by atoms with Crippen molar-refractivity contribution in [1.29, 1.82) is 0 Å². The highest BCUT2D eigenvalue weighted by Crippen LogP contribution is 2.28.